The third kappa shape index (κ3) is 3.77. The van der Waals surface area contributed by atoms with E-state index >= 15 is 0 Å². The smallest absolute Gasteiger partial charge is 0.137 e. The molecule has 0 bridgehead atoms. The molecule has 2 N–H and O–H groups in total. The monoisotopic (exact) mass is 358 g/mol. The number of fused-ring (bicyclic) bond motifs is 1. The summed E-state index contributed by atoms with van der Waals surface area (Å²) in [5, 5.41) is 4.47. The van der Waals surface area contributed by atoms with Gasteiger partial charge in [-0.3, -0.25) is 0 Å². The summed E-state index contributed by atoms with van der Waals surface area (Å²) in [6.45, 7) is 2.89. The normalized spacial score (nSPS) is 10.9. The van der Waals surface area contributed by atoms with Crippen molar-refractivity contribution in [1.29, 1.82) is 0 Å². The van der Waals surface area contributed by atoms with E-state index < -0.39 is 0 Å². The molecule has 0 amide bonds. The van der Waals surface area contributed by atoms with Gasteiger partial charge in [-0.25, -0.2) is 9.97 Å². The van der Waals surface area contributed by atoms with Crippen molar-refractivity contribution in [3.63, 3.8) is 0 Å². The van der Waals surface area contributed by atoms with Crippen LogP contribution in [-0.4, -0.2) is 22.1 Å². The Hall–Kier alpha value is -3.34. The fourth-order valence-corrected chi connectivity index (χ4v) is 3.14. The van der Waals surface area contributed by atoms with Crippen LogP contribution >= 0.6 is 0 Å². The van der Waals surface area contributed by atoms with Crippen LogP contribution in [0.4, 0.5) is 5.82 Å². The standard InChI is InChI=1S/C22H22N4O/c1-15-5-3-4-6-17(15)12-24-21-8-7-16(11-23-21)9-18-13-25-22-20(18)10-19(27-2)14-26-22/h3-8,10-11,13-14H,9,12H2,1-2H3,(H,23,24)(H,25,26). The molecule has 136 valence electrons. The van der Waals surface area contributed by atoms with Gasteiger partial charge in [0.1, 0.15) is 17.2 Å². The van der Waals surface area contributed by atoms with Crippen LogP contribution < -0.4 is 10.1 Å². The SMILES string of the molecule is COc1cnc2[nH]cc(Cc3ccc(NCc4ccccc4C)nc3)c2c1. The van der Waals surface area contributed by atoms with E-state index in [2.05, 4.69) is 57.5 Å². The van der Waals surface area contributed by atoms with E-state index in [1.807, 2.05) is 24.5 Å². The maximum atomic E-state index is 5.29. The van der Waals surface area contributed by atoms with Crippen LogP contribution in [0.1, 0.15) is 22.3 Å². The number of H-pyrrole nitrogens is 1. The Kier molecular flexibility index (Phi) is 4.75. The first-order valence-electron chi connectivity index (χ1n) is 8.96. The highest BCUT2D eigenvalue weighted by atomic mass is 16.5. The minimum absolute atomic E-state index is 0.761. The highest BCUT2D eigenvalue weighted by Gasteiger charge is 2.08. The lowest BCUT2D eigenvalue weighted by Crippen LogP contribution is -2.03. The van der Waals surface area contributed by atoms with Gasteiger partial charge in [0, 0.05) is 30.7 Å². The quantitative estimate of drug-likeness (QED) is 0.533. The Labute approximate surface area is 158 Å². The van der Waals surface area contributed by atoms with Gasteiger partial charge >= 0.3 is 0 Å². The predicted molar refractivity (Wildman–Crippen MR) is 108 cm³/mol. The highest BCUT2D eigenvalue weighted by molar-refractivity contribution is 5.81. The molecule has 0 spiro atoms. The van der Waals surface area contributed by atoms with Gasteiger partial charge in [0.15, 0.2) is 0 Å². The Morgan fingerprint density at radius 1 is 1.04 bits per heavy atom. The lowest BCUT2D eigenvalue weighted by atomic mass is 10.1. The predicted octanol–water partition coefficient (Wildman–Crippen LogP) is 4.48. The van der Waals surface area contributed by atoms with Gasteiger partial charge in [-0.15, -0.1) is 0 Å². The summed E-state index contributed by atoms with van der Waals surface area (Å²) < 4.78 is 5.29. The summed E-state index contributed by atoms with van der Waals surface area (Å²) in [6.07, 6.45) is 6.44. The summed E-state index contributed by atoms with van der Waals surface area (Å²) in [5.41, 5.74) is 5.77. The van der Waals surface area contributed by atoms with E-state index in [0.29, 0.717) is 0 Å². The van der Waals surface area contributed by atoms with Crippen LogP contribution in [0.5, 0.6) is 5.75 Å². The second-order valence-electron chi connectivity index (χ2n) is 6.59. The van der Waals surface area contributed by atoms with E-state index in [0.717, 1.165) is 41.1 Å². The molecule has 4 rings (SSSR count). The Morgan fingerprint density at radius 2 is 1.93 bits per heavy atom. The zero-order chi connectivity index (χ0) is 18.6. The zero-order valence-corrected chi connectivity index (χ0v) is 15.5. The van der Waals surface area contributed by atoms with E-state index in [9.17, 15) is 0 Å². The number of pyridine rings is 2. The maximum Gasteiger partial charge on any atom is 0.137 e. The summed E-state index contributed by atoms with van der Waals surface area (Å²) >= 11 is 0. The molecule has 27 heavy (non-hydrogen) atoms. The van der Waals surface area contributed by atoms with E-state index in [1.165, 1.54) is 16.7 Å². The lowest BCUT2D eigenvalue weighted by molar-refractivity contribution is 0.413. The number of rotatable bonds is 6. The summed E-state index contributed by atoms with van der Waals surface area (Å²) in [7, 11) is 1.65. The minimum atomic E-state index is 0.761. The molecular weight excluding hydrogens is 336 g/mol. The average Bonchev–Trinajstić information content (AvgIpc) is 3.10. The second-order valence-corrected chi connectivity index (χ2v) is 6.59. The first-order chi connectivity index (χ1) is 13.2. The maximum absolute atomic E-state index is 5.29. The molecule has 0 aliphatic heterocycles. The van der Waals surface area contributed by atoms with Crippen LogP contribution in [0.2, 0.25) is 0 Å². The van der Waals surface area contributed by atoms with Crippen molar-refractivity contribution < 1.29 is 4.74 Å². The van der Waals surface area contributed by atoms with Crippen molar-refractivity contribution in [3.8, 4) is 5.75 Å². The molecule has 0 unspecified atom stereocenters. The molecule has 0 saturated carbocycles. The van der Waals surface area contributed by atoms with Gasteiger partial charge in [0.25, 0.3) is 0 Å². The summed E-state index contributed by atoms with van der Waals surface area (Å²) in [5.74, 6) is 1.64. The minimum Gasteiger partial charge on any atom is -0.495 e. The Balaban J connectivity index is 1.46. The second kappa shape index (κ2) is 7.50. The van der Waals surface area contributed by atoms with Crippen LogP contribution in [0.3, 0.4) is 0 Å². The molecule has 0 aliphatic rings. The number of hydrogen-bond donors (Lipinski definition) is 2. The topological polar surface area (TPSA) is 62.8 Å². The molecule has 3 heterocycles. The van der Waals surface area contributed by atoms with Crippen molar-refractivity contribution in [2.24, 2.45) is 0 Å². The molecule has 5 heteroatoms. The average molecular weight is 358 g/mol. The van der Waals surface area contributed by atoms with Crippen molar-refractivity contribution in [3.05, 3.63) is 83.3 Å². The number of ether oxygens (including phenoxy) is 1. The zero-order valence-electron chi connectivity index (χ0n) is 15.5. The first kappa shape index (κ1) is 17.1. The van der Waals surface area contributed by atoms with Gasteiger partial charge in [-0.1, -0.05) is 30.3 Å². The molecule has 0 radical (unpaired) electrons. The van der Waals surface area contributed by atoms with Gasteiger partial charge in [-0.05, 0) is 41.3 Å². The number of aromatic nitrogens is 3. The molecule has 5 nitrogen and oxygen atoms in total. The third-order valence-electron chi connectivity index (χ3n) is 4.77. The molecule has 0 aliphatic carbocycles. The number of hydrogen-bond acceptors (Lipinski definition) is 4. The van der Waals surface area contributed by atoms with Crippen LogP contribution in [0.25, 0.3) is 11.0 Å². The van der Waals surface area contributed by atoms with Crippen molar-refractivity contribution in [2.45, 2.75) is 19.9 Å². The molecule has 4 aromatic rings. The number of aryl methyl sites for hydroxylation is 1. The fraction of sp³-hybridized carbons (Fsp3) is 0.182. The molecular formula is C22H22N4O. The van der Waals surface area contributed by atoms with Gasteiger partial charge in [0.05, 0.1) is 13.3 Å². The van der Waals surface area contributed by atoms with E-state index in [4.69, 9.17) is 4.74 Å². The van der Waals surface area contributed by atoms with Crippen LogP contribution in [0, 0.1) is 6.92 Å². The molecule has 0 fully saturated rings. The van der Waals surface area contributed by atoms with E-state index in [-0.39, 0.29) is 0 Å². The fourth-order valence-electron chi connectivity index (χ4n) is 3.14. The van der Waals surface area contributed by atoms with Crippen molar-refractivity contribution in [1.82, 2.24) is 15.0 Å². The highest BCUT2D eigenvalue weighted by Crippen LogP contribution is 2.23. The summed E-state index contributed by atoms with van der Waals surface area (Å²) in [4.78, 5) is 12.2. The number of anilines is 1. The molecule has 0 saturated heterocycles. The van der Waals surface area contributed by atoms with Gasteiger partial charge in [-0.2, -0.15) is 0 Å². The number of aromatic amines is 1. The number of benzene rings is 1. The summed E-state index contributed by atoms with van der Waals surface area (Å²) in [6, 6.07) is 14.5. The van der Waals surface area contributed by atoms with Gasteiger partial charge in [0.2, 0.25) is 0 Å². The molecule has 0 atom stereocenters. The Morgan fingerprint density at radius 3 is 2.70 bits per heavy atom. The van der Waals surface area contributed by atoms with Crippen LogP contribution in [-0.2, 0) is 13.0 Å². The number of methoxy groups -OCH3 is 1. The first-order valence-corrected chi connectivity index (χ1v) is 8.96. The number of nitrogens with zero attached hydrogens (tertiary/aromatic N) is 2. The lowest BCUT2D eigenvalue weighted by Gasteiger charge is -2.09. The molecule has 1 aromatic carbocycles. The van der Waals surface area contributed by atoms with Crippen molar-refractivity contribution in [2.75, 3.05) is 12.4 Å². The number of nitrogens with one attached hydrogen (secondary N) is 2. The Bertz CT molecular complexity index is 1050. The van der Waals surface area contributed by atoms with Crippen molar-refractivity contribution >= 4 is 16.9 Å². The van der Waals surface area contributed by atoms with E-state index in [1.54, 1.807) is 13.3 Å². The largest absolute Gasteiger partial charge is 0.495 e. The molecule has 3 aromatic heterocycles. The van der Waals surface area contributed by atoms with Crippen LogP contribution in [0.15, 0.2) is 61.1 Å². The van der Waals surface area contributed by atoms with Gasteiger partial charge < -0.3 is 15.0 Å². The third-order valence-corrected chi connectivity index (χ3v) is 4.77.